The van der Waals surface area contributed by atoms with Crippen molar-refractivity contribution in [3.8, 4) is 11.5 Å². The first-order valence-electron chi connectivity index (χ1n) is 6.50. The van der Waals surface area contributed by atoms with Crippen LogP contribution in [0.3, 0.4) is 0 Å². The molecule has 0 spiro atoms. The minimum Gasteiger partial charge on any atom is -0.493 e. The van der Waals surface area contributed by atoms with Gasteiger partial charge in [-0.3, -0.25) is 0 Å². The van der Waals surface area contributed by atoms with Crippen molar-refractivity contribution >= 4 is 11.6 Å². The highest BCUT2D eigenvalue weighted by atomic mass is 35.5. The van der Waals surface area contributed by atoms with Gasteiger partial charge in [0.15, 0.2) is 11.5 Å². The second-order valence-electron chi connectivity index (χ2n) is 4.11. The summed E-state index contributed by atoms with van der Waals surface area (Å²) in [4.78, 5) is 0. The van der Waals surface area contributed by atoms with Crippen LogP contribution in [0.2, 0.25) is 5.02 Å². The van der Waals surface area contributed by atoms with Gasteiger partial charge in [-0.15, -0.1) is 0 Å². The Hall–Kier alpha value is -0.970. The molecule has 0 saturated carbocycles. The number of nitrogens with two attached hydrogens (primary N) is 1. The first-order valence-corrected chi connectivity index (χ1v) is 6.87. The van der Waals surface area contributed by atoms with Gasteiger partial charge in [-0.2, -0.15) is 0 Å². The quantitative estimate of drug-likeness (QED) is 0.710. The molecule has 0 aliphatic rings. The van der Waals surface area contributed by atoms with E-state index in [0.29, 0.717) is 36.3 Å². The SMILES string of the molecule is CCCOCCOc1c(Cl)cc(CCN)cc1OC. The predicted octanol–water partition coefficient (Wildman–Crippen LogP) is 2.66. The maximum absolute atomic E-state index is 6.20. The normalized spacial score (nSPS) is 10.5. The van der Waals surface area contributed by atoms with Gasteiger partial charge in [0.05, 0.1) is 18.7 Å². The molecule has 0 saturated heterocycles. The fraction of sp³-hybridized carbons (Fsp3) is 0.571. The molecule has 108 valence electrons. The summed E-state index contributed by atoms with van der Waals surface area (Å²) in [6.07, 6.45) is 1.76. The minimum atomic E-state index is 0.451. The van der Waals surface area contributed by atoms with Crippen LogP contribution in [0, 0.1) is 0 Å². The van der Waals surface area contributed by atoms with E-state index in [0.717, 1.165) is 25.0 Å². The van der Waals surface area contributed by atoms with Crippen molar-refractivity contribution in [1.82, 2.24) is 0 Å². The van der Waals surface area contributed by atoms with Crippen LogP contribution in [0.1, 0.15) is 18.9 Å². The molecular formula is C14H22ClNO3. The Morgan fingerprint density at radius 2 is 2.00 bits per heavy atom. The third-order valence-electron chi connectivity index (χ3n) is 2.54. The Labute approximate surface area is 119 Å². The van der Waals surface area contributed by atoms with Gasteiger partial charge in [0.1, 0.15) is 6.61 Å². The summed E-state index contributed by atoms with van der Waals surface area (Å²) in [6, 6.07) is 3.76. The highest BCUT2D eigenvalue weighted by Gasteiger charge is 2.11. The molecule has 1 rings (SSSR count). The molecule has 2 N–H and O–H groups in total. The molecule has 0 atom stereocenters. The summed E-state index contributed by atoms with van der Waals surface area (Å²) in [6.45, 7) is 4.37. The molecule has 1 aromatic carbocycles. The van der Waals surface area contributed by atoms with Crippen LogP contribution in [-0.4, -0.2) is 33.5 Å². The van der Waals surface area contributed by atoms with Gasteiger partial charge in [-0.1, -0.05) is 18.5 Å². The number of halogens is 1. The average molecular weight is 288 g/mol. The van der Waals surface area contributed by atoms with E-state index in [4.69, 9.17) is 31.5 Å². The molecule has 0 amide bonds. The molecule has 0 aromatic heterocycles. The summed E-state index contributed by atoms with van der Waals surface area (Å²) in [7, 11) is 1.60. The Morgan fingerprint density at radius 3 is 2.63 bits per heavy atom. The molecule has 1 aromatic rings. The smallest absolute Gasteiger partial charge is 0.179 e. The summed E-state index contributed by atoms with van der Waals surface area (Å²) in [5.41, 5.74) is 6.58. The molecule has 0 unspecified atom stereocenters. The van der Waals surface area contributed by atoms with Crippen molar-refractivity contribution in [2.24, 2.45) is 5.73 Å². The molecule has 19 heavy (non-hydrogen) atoms. The maximum atomic E-state index is 6.20. The molecule has 0 radical (unpaired) electrons. The molecule has 5 heteroatoms. The van der Waals surface area contributed by atoms with E-state index in [2.05, 4.69) is 6.92 Å². The van der Waals surface area contributed by atoms with Crippen molar-refractivity contribution in [3.63, 3.8) is 0 Å². The van der Waals surface area contributed by atoms with Crippen molar-refractivity contribution < 1.29 is 14.2 Å². The first kappa shape index (κ1) is 16.1. The van der Waals surface area contributed by atoms with Crippen LogP contribution < -0.4 is 15.2 Å². The summed E-state index contributed by atoms with van der Waals surface area (Å²) >= 11 is 6.20. The zero-order valence-electron chi connectivity index (χ0n) is 11.6. The van der Waals surface area contributed by atoms with Gasteiger partial charge in [0, 0.05) is 6.61 Å². The average Bonchev–Trinajstić information content (AvgIpc) is 2.40. The summed E-state index contributed by atoms with van der Waals surface area (Å²) < 4.78 is 16.3. The van der Waals surface area contributed by atoms with Crippen LogP contribution in [0.25, 0.3) is 0 Å². The van der Waals surface area contributed by atoms with Gasteiger partial charge >= 0.3 is 0 Å². The largest absolute Gasteiger partial charge is 0.493 e. The first-order chi connectivity index (χ1) is 9.22. The molecule has 0 aliphatic heterocycles. The van der Waals surface area contributed by atoms with Gasteiger partial charge in [0.2, 0.25) is 0 Å². The fourth-order valence-electron chi connectivity index (χ4n) is 1.67. The lowest BCUT2D eigenvalue weighted by Crippen LogP contribution is -2.09. The lowest BCUT2D eigenvalue weighted by Gasteiger charge is -2.14. The number of hydrogen-bond donors (Lipinski definition) is 1. The van der Waals surface area contributed by atoms with Crippen LogP contribution in [0.4, 0.5) is 0 Å². The topological polar surface area (TPSA) is 53.7 Å². The van der Waals surface area contributed by atoms with E-state index in [9.17, 15) is 0 Å². The highest BCUT2D eigenvalue weighted by Crippen LogP contribution is 2.36. The van der Waals surface area contributed by atoms with E-state index in [1.807, 2.05) is 12.1 Å². The Morgan fingerprint density at radius 1 is 1.21 bits per heavy atom. The van der Waals surface area contributed by atoms with Crippen molar-refractivity contribution in [3.05, 3.63) is 22.7 Å². The monoisotopic (exact) mass is 287 g/mol. The highest BCUT2D eigenvalue weighted by molar-refractivity contribution is 6.32. The van der Waals surface area contributed by atoms with Gasteiger partial charge < -0.3 is 19.9 Å². The van der Waals surface area contributed by atoms with E-state index >= 15 is 0 Å². The molecule has 0 heterocycles. The van der Waals surface area contributed by atoms with E-state index in [1.165, 1.54) is 0 Å². The Bertz CT molecular complexity index is 385. The Kier molecular flexibility index (Phi) is 7.63. The van der Waals surface area contributed by atoms with Crippen LogP contribution in [0.5, 0.6) is 11.5 Å². The zero-order chi connectivity index (χ0) is 14.1. The zero-order valence-corrected chi connectivity index (χ0v) is 12.3. The molecule has 0 bridgehead atoms. The second kappa shape index (κ2) is 9.02. The number of benzene rings is 1. The Balaban J connectivity index is 2.65. The molecular weight excluding hydrogens is 266 g/mol. The van der Waals surface area contributed by atoms with E-state index in [1.54, 1.807) is 7.11 Å². The van der Waals surface area contributed by atoms with Crippen LogP contribution in [-0.2, 0) is 11.2 Å². The number of hydrogen-bond acceptors (Lipinski definition) is 4. The fourth-order valence-corrected chi connectivity index (χ4v) is 1.96. The van der Waals surface area contributed by atoms with Gasteiger partial charge in [-0.25, -0.2) is 0 Å². The third kappa shape index (κ3) is 5.27. The molecule has 4 nitrogen and oxygen atoms in total. The van der Waals surface area contributed by atoms with Crippen molar-refractivity contribution in [2.45, 2.75) is 19.8 Å². The lowest BCUT2D eigenvalue weighted by molar-refractivity contribution is 0.0995. The predicted molar refractivity (Wildman–Crippen MR) is 77.4 cm³/mol. The number of ether oxygens (including phenoxy) is 3. The van der Waals surface area contributed by atoms with Crippen molar-refractivity contribution in [1.29, 1.82) is 0 Å². The van der Waals surface area contributed by atoms with E-state index < -0.39 is 0 Å². The van der Waals surface area contributed by atoms with Gasteiger partial charge in [0.25, 0.3) is 0 Å². The second-order valence-corrected chi connectivity index (χ2v) is 4.52. The third-order valence-corrected chi connectivity index (χ3v) is 2.83. The number of methoxy groups -OCH3 is 1. The number of rotatable bonds is 9. The van der Waals surface area contributed by atoms with Crippen LogP contribution in [0.15, 0.2) is 12.1 Å². The summed E-state index contributed by atoms with van der Waals surface area (Å²) in [5.74, 6) is 1.19. The lowest BCUT2D eigenvalue weighted by atomic mass is 10.1. The van der Waals surface area contributed by atoms with Crippen molar-refractivity contribution in [2.75, 3.05) is 33.5 Å². The minimum absolute atomic E-state index is 0.451. The van der Waals surface area contributed by atoms with E-state index in [-0.39, 0.29) is 0 Å². The standard InChI is InChI=1S/C14H22ClNO3/c1-3-6-18-7-8-19-14-12(15)9-11(4-5-16)10-13(14)17-2/h9-10H,3-8,16H2,1-2H3. The van der Waals surface area contributed by atoms with Gasteiger partial charge in [-0.05, 0) is 37.1 Å². The van der Waals surface area contributed by atoms with Crippen LogP contribution >= 0.6 is 11.6 Å². The molecule has 0 aliphatic carbocycles. The molecule has 0 fully saturated rings. The maximum Gasteiger partial charge on any atom is 0.179 e. The summed E-state index contributed by atoms with van der Waals surface area (Å²) in [5, 5.41) is 0.540.